The van der Waals surface area contributed by atoms with Crippen molar-refractivity contribution in [2.75, 3.05) is 19.6 Å². The molecule has 0 atom stereocenters. The molecule has 9 aromatic carbocycles. The third-order valence-corrected chi connectivity index (χ3v) is 20.0. The van der Waals surface area contributed by atoms with E-state index < -0.39 is 0 Å². The van der Waals surface area contributed by atoms with Gasteiger partial charge in [0.25, 0.3) is 6.71 Å². The van der Waals surface area contributed by atoms with E-state index in [0.29, 0.717) is 0 Å². The normalized spacial score (nSPS) is 16.4. The molecule has 6 heterocycles. The Balaban J connectivity index is 1.02. The second-order valence-electron chi connectivity index (χ2n) is 24.6. The predicted molar refractivity (Wildman–Crippen MR) is 320 cm³/mol. The highest BCUT2D eigenvalue weighted by Crippen LogP contribution is 2.62. The lowest BCUT2D eigenvalue weighted by Gasteiger charge is -2.47. The molecular weight excluding hydrogens is 948 g/mol. The van der Waals surface area contributed by atoms with Gasteiger partial charge in [-0.05, 0) is 146 Å². The zero-order chi connectivity index (χ0) is 51.2. The van der Waals surface area contributed by atoms with Crippen LogP contribution in [0.5, 0.6) is 0 Å². The molecule has 0 saturated heterocycles. The first-order chi connectivity index (χ1) is 36.0. The molecule has 6 aliphatic rings. The van der Waals surface area contributed by atoms with E-state index in [0.717, 1.165) is 22.7 Å². The number of rotatable bonds is 2. The van der Waals surface area contributed by atoms with Gasteiger partial charge in [0.05, 0.1) is 22.7 Å². The highest BCUT2D eigenvalue weighted by molar-refractivity contribution is 8.00. The summed E-state index contributed by atoms with van der Waals surface area (Å²) in [6.07, 6.45) is 0. The van der Waals surface area contributed by atoms with Crippen molar-refractivity contribution in [3.63, 3.8) is 0 Å². The van der Waals surface area contributed by atoms with Gasteiger partial charge in [0.2, 0.25) is 0 Å². The summed E-state index contributed by atoms with van der Waals surface area (Å²) in [4.78, 5) is 15.6. The summed E-state index contributed by atoms with van der Waals surface area (Å²) in [6.45, 7) is 23.5. The Morgan fingerprint density at radius 3 is 0.987 bits per heavy atom. The largest absolute Gasteiger partial charge is 0.310 e. The second-order valence-corrected chi connectivity index (χ2v) is 26.7. The van der Waals surface area contributed by atoms with Crippen LogP contribution in [0, 0.1) is 0 Å². The molecule has 15 rings (SSSR count). The SMILES string of the molecule is CC(C)(C)c1ccc(N2c3ccc4c(c3)N(c3cccc5c3Sc3c2cccc3C5(C)C)c2cccc3c2B4c2ccc4cc2N3c2cccc3c2Sc2c(cccc2C3(C)C)N4c2ccc(C(C)(C)C)cc2)cc1. The maximum absolute atomic E-state index is 2.64. The summed E-state index contributed by atoms with van der Waals surface area (Å²) in [7, 11) is 0. The maximum Gasteiger partial charge on any atom is 0.252 e. The molecule has 0 fully saturated rings. The Bertz CT molecular complexity index is 3700. The Morgan fingerprint density at radius 1 is 0.333 bits per heavy atom. The van der Waals surface area contributed by atoms with Crippen molar-refractivity contribution < 1.29 is 0 Å². The lowest BCUT2D eigenvalue weighted by Crippen LogP contribution is -2.61. The van der Waals surface area contributed by atoms with Gasteiger partial charge in [0.1, 0.15) is 0 Å². The summed E-state index contributed by atoms with van der Waals surface area (Å²) < 4.78 is 0. The highest BCUT2D eigenvalue weighted by atomic mass is 32.2. The van der Waals surface area contributed by atoms with Crippen LogP contribution in [0.1, 0.15) is 103 Å². The molecule has 7 heteroatoms. The Labute approximate surface area is 451 Å². The van der Waals surface area contributed by atoms with Crippen molar-refractivity contribution in [3.05, 3.63) is 209 Å². The predicted octanol–water partition coefficient (Wildman–Crippen LogP) is 17.5. The lowest BCUT2D eigenvalue weighted by molar-refractivity contribution is 0.590. The molecule has 4 nitrogen and oxygen atoms in total. The monoisotopic (exact) mass is 1010 g/mol. The van der Waals surface area contributed by atoms with Crippen molar-refractivity contribution in [2.24, 2.45) is 0 Å². The van der Waals surface area contributed by atoms with E-state index in [1.807, 2.05) is 23.5 Å². The Kier molecular flexibility index (Phi) is 9.25. The van der Waals surface area contributed by atoms with Crippen LogP contribution in [0.3, 0.4) is 0 Å². The van der Waals surface area contributed by atoms with E-state index in [9.17, 15) is 0 Å². The minimum absolute atomic E-state index is 0.0354. The number of fused-ring (bicyclic) bond motifs is 8. The summed E-state index contributed by atoms with van der Waals surface area (Å²) in [5.41, 5.74) is 26.1. The van der Waals surface area contributed by atoms with Gasteiger partial charge in [-0.3, -0.25) is 0 Å². The van der Waals surface area contributed by atoms with E-state index in [1.54, 1.807) is 0 Å². The molecule has 8 bridgehead atoms. The zero-order valence-corrected chi connectivity index (χ0v) is 46.1. The second kappa shape index (κ2) is 15.3. The molecule has 0 radical (unpaired) electrons. The van der Waals surface area contributed by atoms with Crippen LogP contribution in [0.2, 0.25) is 0 Å². The molecule has 0 aromatic heterocycles. The zero-order valence-electron chi connectivity index (χ0n) is 44.4. The van der Waals surface area contributed by atoms with Crippen LogP contribution >= 0.6 is 23.5 Å². The number of hydrogen-bond acceptors (Lipinski definition) is 6. The summed E-state index contributed by atoms with van der Waals surface area (Å²) in [5, 5.41) is 0. The van der Waals surface area contributed by atoms with Crippen molar-refractivity contribution in [3.8, 4) is 0 Å². The fourth-order valence-corrected chi connectivity index (χ4v) is 16.7. The molecule has 0 unspecified atom stereocenters. The maximum atomic E-state index is 2.64. The van der Waals surface area contributed by atoms with E-state index in [2.05, 4.69) is 265 Å². The first-order valence-corrected chi connectivity index (χ1v) is 28.3. The molecular formula is C68H59BN4S2. The fraction of sp³-hybridized carbons (Fsp3) is 0.206. The van der Waals surface area contributed by atoms with Crippen LogP contribution in [0.4, 0.5) is 68.2 Å². The van der Waals surface area contributed by atoms with Crippen molar-refractivity contribution >= 4 is 115 Å². The minimum atomic E-state index is -0.245. The first-order valence-electron chi connectivity index (χ1n) is 26.7. The number of anilines is 12. The summed E-state index contributed by atoms with van der Waals surface area (Å²) in [5.74, 6) is 0. The average molecular weight is 1010 g/mol. The lowest BCUT2D eigenvalue weighted by atomic mass is 9.33. The van der Waals surface area contributed by atoms with Gasteiger partial charge < -0.3 is 19.6 Å². The summed E-state index contributed by atoms with van der Waals surface area (Å²) >= 11 is 3.90. The van der Waals surface area contributed by atoms with Crippen molar-refractivity contribution in [2.45, 2.75) is 110 Å². The van der Waals surface area contributed by atoms with E-state index in [1.165, 1.54) is 115 Å². The Morgan fingerprint density at radius 2 is 0.640 bits per heavy atom. The first kappa shape index (κ1) is 45.3. The van der Waals surface area contributed by atoms with Crippen molar-refractivity contribution in [1.29, 1.82) is 0 Å². The molecule has 75 heavy (non-hydrogen) atoms. The molecule has 6 aliphatic heterocycles. The van der Waals surface area contributed by atoms with Crippen LogP contribution in [0.15, 0.2) is 196 Å². The molecule has 366 valence electrons. The van der Waals surface area contributed by atoms with Crippen LogP contribution < -0.4 is 36.0 Å². The number of nitrogens with zero attached hydrogens (tertiary/aromatic N) is 4. The van der Waals surface area contributed by atoms with Gasteiger partial charge in [-0.25, -0.2) is 0 Å². The minimum Gasteiger partial charge on any atom is -0.310 e. The molecule has 0 amide bonds. The van der Waals surface area contributed by atoms with Crippen LogP contribution in [0.25, 0.3) is 0 Å². The quantitative estimate of drug-likeness (QED) is 0.159. The molecule has 9 aromatic rings. The Hall–Kier alpha value is -7.06. The summed E-state index contributed by atoms with van der Waals surface area (Å²) in [6, 6.07) is 68.6. The van der Waals surface area contributed by atoms with Crippen molar-refractivity contribution in [1.82, 2.24) is 0 Å². The van der Waals surface area contributed by atoms with Gasteiger partial charge in [-0.1, -0.05) is 184 Å². The van der Waals surface area contributed by atoms with Gasteiger partial charge in [-0.2, -0.15) is 0 Å². The van der Waals surface area contributed by atoms with E-state index in [4.69, 9.17) is 0 Å². The average Bonchev–Trinajstić information content (AvgIpc) is 3.46. The van der Waals surface area contributed by atoms with Gasteiger partial charge in [-0.15, -0.1) is 0 Å². The molecule has 0 N–H and O–H groups in total. The van der Waals surface area contributed by atoms with Crippen LogP contribution in [-0.4, -0.2) is 6.71 Å². The third kappa shape index (κ3) is 6.23. The number of hydrogen-bond donors (Lipinski definition) is 0. The third-order valence-electron chi connectivity index (χ3n) is 17.5. The molecule has 0 aliphatic carbocycles. The van der Waals surface area contributed by atoms with E-state index in [-0.39, 0.29) is 28.4 Å². The smallest absolute Gasteiger partial charge is 0.252 e. The highest BCUT2D eigenvalue weighted by Gasteiger charge is 2.48. The van der Waals surface area contributed by atoms with Gasteiger partial charge in [0, 0.05) is 75.9 Å². The molecule has 0 saturated carbocycles. The van der Waals surface area contributed by atoms with Crippen LogP contribution in [-0.2, 0) is 21.7 Å². The topological polar surface area (TPSA) is 13.0 Å². The van der Waals surface area contributed by atoms with E-state index >= 15 is 0 Å². The standard InChI is InChI=1S/C68H59BN4S2/c1-65(2,3)40-26-30-42(31-27-40)70-44-34-36-50-58(38-44)72(56-24-13-18-48-63(56)74-61-46(67(48,7)8)16-11-22-54(61)70)52-20-15-21-53-60(52)69(50)51-37-35-45-39-59(51)73(53)57-25-14-19-49-64(57)75-62-47(68(49,9)10)17-12-23-55(62)71(45)43-32-28-41(29-33-43)66(4,5)6/h11-39H,1-10H3. The van der Waals surface area contributed by atoms with Gasteiger partial charge >= 0.3 is 0 Å². The molecule has 0 spiro atoms. The van der Waals surface area contributed by atoms with Gasteiger partial charge in [0.15, 0.2) is 0 Å². The fourth-order valence-electron chi connectivity index (χ4n) is 13.5. The number of benzene rings is 9.